The summed E-state index contributed by atoms with van der Waals surface area (Å²) in [4.78, 5) is 0. The SMILES string of the molecule is CCOc1ccc2cn(C3CCCCO3)nc2c1. The molecular weight excluding hydrogens is 228 g/mol. The van der Waals surface area contributed by atoms with E-state index in [1.807, 2.05) is 29.8 Å². The van der Waals surface area contributed by atoms with Crippen molar-refractivity contribution in [3.8, 4) is 5.75 Å². The van der Waals surface area contributed by atoms with Crippen molar-refractivity contribution in [1.29, 1.82) is 0 Å². The largest absolute Gasteiger partial charge is 0.494 e. The molecular formula is C14H18N2O2. The Morgan fingerprint density at radius 3 is 3.17 bits per heavy atom. The molecule has 4 heteroatoms. The van der Waals surface area contributed by atoms with E-state index in [9.17, 15) is 0 Å². The van der Waals surface area contributed by atoms with Gasteiger partial charge >= 0.3 is 0 Å². The molecule has 1 fully saturated rings. The summed E-state index contributed by atoms with van der Waals surface area (Å²) in [5.41, 5.74) is 0.968. The second-order valence-electron chi connectivity index (χ2n) is 4.58. The fourth-order valence-corrected chi connectivity index (χ4v) is 2.35. The van der Waals surface area contributed by atoms with Crippen LogP contribution in [0.3, 0.4) is 0 Å². The predicted octanol–water partition coefficient (Wildman–Crippen LogP) is 3.13. The van der Waals surface area contributed by atoms with Crippen LogP contribution in [0.2, 0.25) is 0 Å². The van der Waals surface area contributed by atoms with Crippen molar-refractivity contribution in [3.63, 3.8) is 0 Å². The third-order valence-corrected chi connectivity index (χ3v) is 3.26. The minimum absolute atomic E-state index is 0.0988. The second kappa shape index (κ2) is 4.98. The van der Waals surface area contributed by atoms with Crippen molar-refractivity contribution in [2.45, 2.75) is 32.4 Å². The van der Waals surface area contributed by atoms with Gasteiger partial charge in [-0.1, -0.05) is 0 Å². The number of hydrogen-bond donors (Lipinski definition) is 0. The highest BCUT2D eigenvalue weighted by Crippen LogP contribution is 2.25. The number of fused-ring (bicyclic) bond motifs is 1. The van der Waals surface area contributed by atoms with Gasteiger partial charge in [-0.05, 0) is 38.3 Å². The number of hydrogen-bond acceptors (Lipinski definition) is 3. The first-order valence-corrected chi connectivity index (χ1v) is 6.60. The monoisotopic (exact) mass is 246 g/mol. The van der Waals surface area contributed by atoms with Gasteiger partial charge in [-0.2, -0.15) is 5.10 Å². The number of nitrogens with zero attached hydrogens (tertiary/aromatic N) is 2. The summed E-state index contributed by atoms with van der Waals surface area (Å²) in [6.45, 7) is 3.50. The van der Waals surface area contributed by atoms with Crippen LogP contribution < -0.4 is 4.74 Å². The summed E-state index contributed by atoms with van der Waals surface area (Å²) in [5, 5.41) is 5.72. The van der Waals surface area contributed by atoms with E-state index in [4.69, 9.17) is 9.47 Å². The minimum Gasteiger partial charge on any atom is -0.494 e. The van der Waals surface area contributed by atoms with E-state index in [0.717, 1.165) is 36.1 Å². The van der Waals surface area contributed by atoms with Gasteiger partial charge in [0.2, 0.25) is 0 Å². The Kier molecular flexibility index (Phi) is 3.19. The molecule has 3 rings (SSSR count). The maximum absolute atomic E-state index is 5.74. The van der Waals surface area contributed by atoms with Gasteiger partial charge in [0.15, 0.2) is 0 Å². The van der Waals surface area contributed by atoms with Crippen molar-refractivity contribution >= 4 is 10.9 Å². The molecule has 0 saturated carbocycles. The molecule has 18 heavy (non-hydrogen) atoms. The Morgan fingerprint density at radius 1 is 1.44 bits per heavy atom. The first kappa shape index (κ1) is 11.5. The molecule has 0 amide bonds. The Balaban J connectivity index is 1.89. The van der Waals surface area contributed by atoms with Crippen molar-refractivity contribution in [1.82, 2.24) is 9.78 Å². The second-order valence-corrected chi connectivity index (χ2v) is 4.58. The summed E-state index contributed by atoms with van der Waals surface area (Å²) in [6.07, 6.45) is 5.58. The van der Waals surface area contributed by atoms with Gasteiger partial charge < -0.3 is 9.47 Å². The van der Waals surface area contributed by atoms with Crippen LogP contribution in [0.25, 0.3) is 10.9 Å². The van der Waals surface area contributed by atoms with Crippen LogP contribution in [-0.2, 0) is 4.74 Å². The van der Waals surface area contributed by atoms with Crippen molar-refractivity contribution in [2.24, 2.45) is 0 Å². The molecule has 4 nitrogen and oxygen atoms in total. The summed E-state index contributed by atoms with van der Waals surface area (Å²) in [6, 6.07) is 6.02. The standard InChI is InChI=1S/C14H18N2O2/c1-2-17-12-7-6-11-10-16(15-13(11)9-12)14-5-3-4-8-18-14/h6-7,9-10,14H,2-5,8H2,1H3. The summed E-state index contributed by atoms with van der Waals surface area (Å²) < 4.78 is 13.2. The van der Waals surface area contributed by atoms with E-state index in [1.54, 1.807) is 0 Å². The van der Waals surface area contributed by atoms with Crippen molar-refractivity contribution < 1.29 is 9.47 Å². The molecule has 0 aliphatic carbocycles. The van der Waals surface area contributed by atoms with Crippen LogP contribution in [0.1, 0.15) is 32.4 Å². The smallest absolute Gasteiger partial charge is 0.150 e. The van der Waals surface area contributed by atoms with Gasteiger partial charge in [0.1, 0.15) is 12.0 Å². The molecule has 1 atom stereocenters. The molecule has 1 unspecified atom stereocenters. The van der Waals surface area contributed by atoms with Crippen LogP contribution in [0.15, 0.2) is 24.4 Å². The molecule has 1 saturated heterocycles. The molecule has 0 bridgehead atoms. The van der Waals surface area contributed by atoms with Gasteiger partial charge in [-0.25, -0.2) is 4.68 Å². The van der Waals surface area contributed by atoms with Crippen LogP contribution >= 0.6 is 0 Å². The van der Waals surface area contributed by atoms with Crippen molar-refractivity contribution in [2.75, 3.05) is 13.2 Å². The first-order chi connectivity index (χ1) is 8.86. The lowest BCUT2D eigenvalue weighted by atomic mass is 10.2. The Hall–Kier alpha value is -1.55. The zero-order valence-corrected chi connectivity index (χ0v) is 10.6. The molecule has 1 aliphatic rings. The lowest BCUT2D eigenvalue weighted by Gasteiger charge is -2.22. The fraction of sp³-hybridized carbons (Fsp3) is 0.500. The van der Waals surface area contributed by atoms with E-state index in [1.165, 1.54) is 6.42 Å². The summed E-state index contributed by atoms with van der Waals surface area (Å²) in [7, 11) is 0. The lowest BCUT2D eigenvalue weighted by molar-refractivity contribution is -0.0390. The molecule has 0 N–H and O–H groups in total. The van der Waals surface area contributed by atoms with Crippen molar-refractivity contribution in [3.05, 3.63) is 24.4 Å². The Bertz CT molecular complexity index is 530. The van der Waals surface area contributed by atoms with E-state index in [-0.39, 0.29) is 6.23 Å². The maximum Gasteiger partial charge on any atom is 0.150 e. The number of aromatic nitrogens is 2. The number of benzene rings is 1. The molecule has 96 valence electrons. The highest BCUT2D eigenvalue weighted by Gasteiger charge is 2.16. The number of ether oxygens (including phenoxy) is 2. The highest BCUT2D eigenvalue weighted by atomic mass is 16.5. The Morgan fingerprint density at radius 2 is 2.39 bits per heavy atom. The molecule has 1 aliphatic heterocycles. The quantitative estimate of drug-likeness (QED) is 0.834. The molecule has 0 radical (unpaired) electrons. The Labute approximate surface area is 106 Å². The first-order valence-electron chi connectivity index (χ1n) is 6.60. The van der Waals surface area contributed by atoms with E-state index < -0.39 is 0 Å². The van der Waals surface area contributed by atoms with Gasteiger partial charge in [0, 0.05) is 24.3 Å². The summed E-state index contributed by atoms with van der Waals surface area (Å²) >= 11 is 0. The number of rotatable bonds is 3. The maximum atomic E-state index is 5.74. The third-order valence-electron chi connectivity index (χ3n) is 3.26. The zero-order valence-electron chi connectivity index (χ0n) is 10.6. The highest BCUT2D eigenvalue weighted by molar-refractivity contribution is 5.79. The molecule has 2 aromatic rings. The fourth-order valence-electron chi connectivity index (χ4n) is 2.35. The average Bonchev–Trinajstić information content (AvgIpc) is 2.83. The minimum atomic E-state index is 0.0988. The lowest BCUT2D eigenvalue weighted by Crippen LogP contribution is -2.18. The predicted molar refractivity (Wildman–Crippen MR) is 69.7 cm³/mol. The van der Waals surface area contributed by atoms with Crippen LogP contribution in [0.4, 0.5) is 0 Å². The molecule has 1 aromatic carbocycles. The zero-order chi connectivity index (χ0) is 12.4. The van der Waals surface area contributed by atoms with E-state index >= 15 is 0 Å². The van der Waals surface area contributed by atoms with Crippen LogP contribution in [0, 0.1) is 0 Å². The van der Waals surface area contributed by atoms with Gasteiger partial charge in [-0.3, -0.25) is 0 Å². The normalized spacial score (nSPS) is 20.2. The average molecular weight is 246 g/mol. The summed E-state index contributed by atoms with van der Waals surface area (Å²) in [5.74, 6) is 0.875. The molecule has 0 spiro atoms. The van der Waals surface area contributed by atoms with Crippen LogP contribution in [-0.4, -0.2) is 23.0 Å². The third kappa shape index (κ3) is 2.20. The van der Waals surface area contributed by atoms with Gasteiger partial charge in [0.25, 0.3) is 0 Å². The molecule has 1 aromatic heterocycles. The van der Waals surface area contributed by atoms with E-state index in [2.05, 4.69) is 11.3 Å². The van der Waals surface area contributed by atoms with Gasteiger partial charge in [0.05, 0.1) is 12.1 Å². The van der Waals surface area contributed by atoms with Crippen LogP contribution in [0.5, 0.6) is 5.75 Å². The molecule has 2 heterocycles. The van der Waals surface area contributed by atoms with E-state index in [0.29, 0.717) is 6.61 Å². The topological polar surface area (TPSA) is 36.3 Å². The van der Waals surface area contributed by atoms with Gasteiger partial charge in [-0.15, -0.1) is 0 Å².